The summed E-state index contributed by atoms with van der Waals surface area (Å²) in [5.74, 6) is 0. The van der Waals surface area contributed by atoms with Crippen LogP contribution in [0.15, 0.2) is 22.9 Å². The summed E-state index contributed by atoms with van der Waals surface area (Å²) < 4.78 is 0. The fourth-order valence-corrected chi connectivity index (χ4v) is 1.15. The van der Waals surface area contributed by atoms with E-state index in [-0.39, 0.29) is 0 Å². The minimum absolute atomic E-state index is 0.851. The molecular weight excluding hydrogens is 134 g/mol. The molecule has 0 unspecified atom stereocenters. The SMILES string of the molecule is CNC1=CCCC=C1Cl. The zero-order valence-electron chi connectivity index (χ0n) is 5.45. The molecule has 1 rings (SSSR count). The molecule has 0 bridgehead atoms. The number of hydrogen-bond acceptors (Lipinski definition) is 1. The highest BCUT2D eigenvalue weighted by atomic mass is 35.5. The van der Waals surface area contributed by atoms with Crippen molar-refractivity contribution in [2.75, 3.05) is 7.05 Å². The van der Waals surface area contributed by atoms with E-state index in [1.54, 1.807) is 0 Å². The van der Waals surface area contributed by atoms with Gasteiger partial charge < -0.3 is 5.32 Å². The first-order valence-electron chi connectivity index (χ1n) is 3.08. The molecule has 0 saturated heterocycles. The number of allylic oxidation sites excluding steroid dienone is 3. The Morgan fingerprint density at radius 3 is 2.56 bits per heavy atom. The molecule has 0 saturated carbocycles. The van der Waals surface area contributed by atoms with E-state index in [2.05, 4.69) is 11.4 Å². The Labute approximate surface area is 60.4 Å². The normalized spacial score (nSPS) is 18.4. The number of halogens is 1. The molecule has 1 aliphatic rings. The highest BCUT2D eigenvalue weighted by Gasteiger charge is 2.01. The van der Waals surface area contributed by atoms with Crippen LogP contribution in [0.4, 0.5) is 0 Å². The van der Waals surface area contributed by atoms with Crippen LogP contribution in [-0.4, -0.2) is 7.05 Å². The summed E-state index contributed by atoms with van der Waals surface area (Å²) in [6.45, 7) is 0. The molecular formula is C7H10ClN. The minimum atomic E-state index is 0.851. The molecule has 50 valence electrons. The zero-order valence-corrected chi connectivity index (χ0v) is 6.20. The minimum Gasteiger partial charge on any atom is -0.387 e. The topological polar surface area (TPSA) is 12.0 Å². The molecule has 1 N–H and O–H groups in total. The second-order valence-electron chi connectivity index (χ2n) is 2.00. The van der Waals surface area contributed by atoms with Gasteiger partial charge in [0.25, 0.3) is 0 Å². The second-order valence-corrected chi connectivity index (χ2v) is 2.40. The highest BCUT2D eigenvalue weighted by Crippen LogP contribution is 2.18. The van der Waals surface area contributed by atoms with Gasteiger partial charge in [0.2, 0.25) is 0 Å². The van der Waals surface area contributed by atoms with Crippen molar-refractivity contribution in [3.8, 4) is 0 Å². The van der Waals surface area contributed by atoms with Crippen molar-refractivity contribution in [2.24, 2.45) is 0 Å². The lowest BCUT2D eigenvalue weighted by Gasteiger charge is -2.08. The number of rotatable bonds is 1. The smallest absolute Gasteiger partial charge is 0.0594 e. The Hall–Kier alpha value is -0.430. The van der Waals surface area contributed by atoms with Crippen LogP contribution in [0, 0.1) is 0 Å². The van der Waals surface area contributed by atoms with Gasteiger partial charge in [-0.2, -0.15) is 0 Å². The first kappa shape index (κ1) is 6.69. The molecule has 0 atom stereocenters. The fourth-order valence-electron chi connectivity index (χ4n) is 0.867. The van der Waals surface area contributed by atoms with Gasteiger partial charge in [-0.1, -0.05) is 23.8 Å². The van der Waals surface area contributed by atoms with Gasteiger partial charge in [0, 0.05) is 12.7 Å². The van der Waals surface area contributed by atoms with E-state index in [1.807, 2.05) is 13.1 Å². The van der Waals surface area contributed by atoms with Gasteiger partial charge in [0.05, 0.1) is 5.03 Å². The van der Waals surface area contributed by atoms with Crippen molar-refractivity contribution in [1.82, 2.24) is 5.32 Å². The van der Waals surface area contributed by atoms with Gasteiger partial charge in [-0.15, -0.1) is 0 Å². The van der Waals surface area contributed by atoms with E-state index in [0.29, 0.717) is 0 Å². The van der Waals surface area contributed by atoms with E-state index in [1.165, 1.54) is 0 Å². The van der Waals surface area contributed by atoms with E-state index in [4.69, 9.17) is 11.6 Å². The van der Waals surface area contributed by atoms with E-state index in [9.17, 15) is 0 Å². The summed E-state index contributed by atoms with van der Waals surface area (Å²) in [4.78, 5) is 0. The van der Waals surface area contributed by atoms with Crippen molar-refractivity contribution in [1.29, 1.82) is 0 Å². The maximum absolute atomic E-state index is 5.81. The summed E-state index contributed by atoms with van der Waals surface area (Å²) in [5, 5.41) is 3.87. The van der Waals surface area contributed by atoms with Crippen LogP contribution in [0.1, 0.15) is 12.8 Å². The summed E-state index contributed by atoms with van der Waals surface area (Å²) in [7, 11) is 1.88. The Morgan fingerprint density at radius 2 is 2.11 bits per heavy atom. The van der Waals surface area contributed by atoms with E-state index in [0.717, 1.165) is 23.6 Å². The van der Waals surface area contributed by atoms with Gasteiger partial charge in [0.15, 0.2) is 0 Å². The van der Waals surface area contributed by atoms with Gasteiger partial charge >= 0.3 is 0 Å². The Bertz CT molecular complexity index is 158. The molecule has 0 spiro atoms. The van der Waals surface area contributed by atoms with Crippen LogP contribution in [0.2, 0.25) is 0 Å². The van der Waals surface area contributed by atoms with Crippen molar-refractivity contribution >= 4 is 11.6 Å². The van der Waals surface area contributed by atoms with Crippen LogP contribution in [0.3, 0.4) is 0 Å². The quantitative estimate of drug-likeness (QED) is 0.592. The predicted molar refractivity (Wildman–Crippen MR) is 40.3 cm³/mol. The first-order chi connectivity index (χ1) is 4.34. The molecule has 0 heterocycles. The highest BCUT2D eigenvalue weighted by molar-refractivity contribution is 6.31. The van der Waals surface area contributed by atoms with Crippen molar-refractivity contribution in [2.45, 2.75) is 12.8 Å². The molecule has 0 aromatic rings. The van der Waals surface area contributed by atoms with Crippen molar-refractivity contribution in [3.05, 3.63) is 22.9 Å². The van der Waals surface area contributed by atoms with Gasteiger partial charge in [0.1, 0.15) is 0 Å². The average molecular weight is 144 g/mol. The molecule has 0 aromatic heterocycles. The monoisotopic (exact) mass is 143 g/mol. The second kappa shape index (κ2) is 2.92. The lowest BCUT2D eigenvalue weighted by Crippen LogP contribution is -2.07. The Morgan fingerprint density at radius 1 is 1.44 bits per heavy atom. The third-order valence-corrected chi connectivity index (χ3v) is 1.72. The Kier molecular flexibility index (Phi) is 2.17. The van der Waals surface area contributed by atoms with Gasteiger partial charge in [-0.3, -0.25) is 0 Å². The van der Waals surface area contributed by atoms with Crippen molar-refractivity contribution in [3.63, 3.8) is 0 Å². The summed E-state index contributed by atoms with van der Waals surface area (Å²) in [6.07, 6.45) is 6.33. The van der Waals surface area contributed by atoms with Crippen LogP contribution < -0.4 is 5.32 Å². The van der Waals surface area contributed by atoms with Crippen molar-refractivity contribution < 1.29 is 0 Å². The van der Waals surface area contributed by atoms with Crippen LogP contribution >= 0.6 is 11.6 Å². The molecule has 0 radical (unpaired) electrons. The molecule has 0 aliphatic heterocycles. The van der Waals surface area contributed by atoms with E-state index >= 15 is 0 Å². The lowest BCUT2D eigenvalue weighted by atomic mass is 10.1. The molecule has 0 aromatic carbocycles. The maximum atomic E-state index is 5.81. The molecule has 1 aliphatic carbocycles. The maximum Gasteiger partial charge on any atom is 0.0594 e. The van der Waals surface area contributed by atoms with Crippen LogP contribution in [-0.2, 0) is 0 Å². The van der Waals surface area contributed by atoms with Crippen LogP contribution in [0.25, 0.3) is 0 Å². The first-order valence-corrected chi connectivity index (χ1v) is 3.46. The molecule has 0 amide bonds. The summed E-state index contributed by atoms with van der Waals surface area (Å²) >= 11 is 5.81. The average Bonchev–Trinajstić information content (AvgIpc) is 1.89. The number of likely N-dealkylation sites (N-methyl/N-ethyl adjacent to an activating group) is 1. The predicted octanol–water partition coefficient (Wildman–Crippen LogP) is 2.01. The fraction of sp³-hybridized carbons (Fsp3) is 0.429. The summed E-state index contributed by atoms with van der Waals surface area (Å²) in [5.41, 5.74) is 1.06. The van der Waals surface area contributed by atoms with Gasteiger partial charge in [-0.25, -0.2) is 0 Å². The standard InChI is InChI=1S/C7H10ClN/c1-9-7-5-3-2-4-6(7)8/h4-5,9H,2-3H2,1H3. The molecule has 0 fully saturated rings. The Balaban J connectivity index is 2.68. The van der Waals surface area contributed by atoms with E-state index < -0.39 is 0 Å². The molecule has 1 nitrogen and oxygen atoms in total. The number of hydrogen-bond donors (Lipinski definition) is 1. The largest absolute Gasteiger partial charge is 0.387 e. The lowest BCUT2D eigenvalue weighted by molar-refractivity contribution is 0.933. The summed E-state index contributed by atoms with van der Waals surface area (Å²) in [6, 6.07) is 0. The van der Waals surface area contributed by atoms with Gasteiger partial charge in [-0.05, 0) is 12.8 Å². The molecule has 9 heavy (non-hydrogen) atoms. The van der Waals surface area contributed by atoms with Crippen LogP contribution in [0.5, 0.6) is 0 Å². The third kappa shape index (κ3) is 1.49. The molecule has 2 heteroatoms. The zero-order chi connectivity index (χ0) is 6.69. The number of nitrogens with one attached hydrogen (secondary N) is 1. The third-order valence-electron chi connectivity index (χ3n) is 1.37.